The highest BCUT2D eigenvalue weighted by Crippen LogP contribution is 2.29. The summed E-state index contributed by atoms with van der Waals surface area (Å²) in [5.74, 6) is 0. The van der Waals surface area contributed by atoms with Crippen molar-refractivity contribution in [3.05, 3.63) is 58.6 Å². The van der Waals surface area contributed by atoms with E-state index in [0.29, 0.717) is 0 Å². The molecule has 0 aliphatic carbocycles. The molecule has 0 saturated heterocycles. The van der Waals surface area contributed by atoms with E-state index in [9.17, 15) is 0 Å². The monoisotopic (exact) mass is 216 g/mol. The van der Waals surface area contributed by atoms with Crippen molar-refractivity contribution in [1.29, 1.82) is 0 Å². The number of hydrogen-bond acceptors (Lipinski definition) is 0. The number of hydrogen-bond donors (Lipinski definition) is 0. The normalized spacial score (nSPS) is 10.3. The second-order valence-electron chi connectivity index (χ2n) is 3.71. The molecule has 0 nitrogen and oxygen atoms in total. The van der Waals surface area contributed by atoms with Crippen molar-refractivity contribution in [2.45, 2.75) is 13.8 Å². The van der Waals surface area contributed by atoms with Crippen LogP contribution in [0.2, 0.25) is 5.02 Å². The molecule has 2 aromatic carbocycles. The van der Waals surface area contributed by atoms with Crippen LogP contribution >= 0.6 is 11.6 Å². The molecule has 0 aliphatic heterocycles. The van der Waals surface area contributed by atoms with Crippen LogP contribution in [0.5, 0.6) is 0 Å². The lowest BCUT2D eigenvalue weighted by atomic mass is 9.97. The maximum atomic E-state index is 6.07. The zero-order chi connectivity index (χ0) is 10.8. The summed E-state index contributed by atoms with van der Waals surface area (Å²) in [5.41, 5.74) is 4.93. The Bertz CT molecular complexity index is 472. The van der Waals surface area contributed by atoms with Gasteiger partial charge < -0.3 is 0 Å². The Hall–Kier alpha value is -1.27. The largest absolute Gasteiger partial charge is 0.0840 e. The summed E-state index contributed by atoms with van der Waals surface area (Å²) in [4.78, 5) is 0. The number of rotatable bonds is 1. The van der Waals surface area contributed by atoms with Gasteiger partial charge in [-0.3, -0.25) is 0 Å². The fourth-order valence-electron chi connectivity index (χ4n) is 1.72. The molecule has 0 bridgehead atoms. The first-order chi connectivity index (χ1) is 7.20. The van der Waals surface area contributed by atoms with Crippen LogP contribution in [0.4, 0.5) is 0 Å². The van der Waals surface area contributed by atoms with Gasteiger partial charge in [0, 0.05) is 5.02 Å². The summed E-state index contributed by atoms with van der Waals surface area (Å²) in [6.07, 6.45) is 0. The molecule has 0 unspecified atom stereocenters. The molecular weight excluding hydrogens is 204 g/mol. The molecule has 0 heterocycles. The van der Waals surface area contributed by atoms with E-state index in [4.69, 9.17) is 11.6 Å². The maximum absolute atomic E-state index is 6.07. The fraction of sp³-hybridized carbons (Fsp3) is 0.143. The van der Waals surface area contributed by atoms with Crippen LogP contribution in [0, 0.1) is 13.8 Å². The van der Waals surface area contributed by atoms with Gasteiger partial charge in [0.05, 0.1) is 0 Å². The molecule has 0 fully saturated rings. The van der Waals surface area contributed by atoms with Gasteiger partial charge in [-0.1, -0.05) is 48.0 Å². The Balaban J connectivity index is 2.60. The van der Waals surface area contributed by atoms with Gasteiger partial charge in [0.1, 0.15) is 0 Å². The Morgan fingerprint density at radius 1 is 0.800 bits per heavy atom. The molecule has 76 valence electrons. The first-order valence-corrected chi connectivity index (χ1v) is 5.39. The minimum absolute atomic E-state index is 0.840. The van der Waals surface area contributed by atoms with Gasteiger partial charge in [0.2, 0.25) is 0 Å². The summed E-state index contributed by atoms with van der Waals surface area (Å²) < 4.78 is 0. The average molecular weight is 217 g/mol. The van der Waals surface area contributed by atoms with Gasteiger partial charge in [-0.15, -0.1) is 0 Å². The van der Waals surface area contributed by atoms with E-state index in [0.717, 1.165) is 10.6 Å². The molecule has 1 heteroatoms. The van der Waals surface area contributed by atoms with Crippen LogP contribution < -0.4 is 0 Å². The highest BCUT2D eigenvalue weighted by atomic mass is 35.5. The fourth-order valence-corrected chi connectivity index (χ4v) is 1.92. The standard InChI is InChI=1S/C14H13Cl/c1-10-11(2)14(15)9-8-13(10)12-6-4-3-5-7-12/h3-9H,1-2H3. The molecule has 0 aliphatic rings. The lowest BCUT2D eigenvalue weighted by Gasteiger charge is -2.10. The van der Waals surface area contributed by atoms with E-state index in [-0.39, 0.29) is 0 Å². The van der Waals surface area contributed by atoms with Crippen molar-refractivity contribution in [2.24, 2.45) is 0 Å². The predicted molar refractivity (Wildman–Crippen MR) is 66.4 cm³/mol. The van der Waals surface area contributed by atoms with Crippen molar-refractivity contribution in [1.82, 2.24) is 0 Å². The smallest absolute Gasteiger partial charge is 0.0438 e. The molecule has 0 spiro atoms. The third-order valence-electron chi connectivity index (χ3n) is 2.81. The van der Waals surface area contributed by atoms with E-state index in [2.05, 4.69) is 44.2 Å². The van der Waals surface area contributed by atoms with E-state index in [1.165, 1.54) is 16.7 Å². The van der Waals surface area contributed by atoms with Gasteiger partial charge in [-0.2, -0.15) is 0 Å². The summed E-state index contributed by atoms with van der Waals surface area (Å²) in [5, 5.41) is 0.840. The topological polar surface area (TPSA) is 0 Å². The predicted octanol–water partition coefficient (Wildman–Crippen LogP) is 4.62. The summed E-state index contributed by atoms with van der Waals surface area (Å²) in [6.45, 7) is 4.17. The molecular formula is C14H13Cl. The Labute approximate surface area is 95.5 Å². The van der Waals surface area contributed by atoms with Gasteiger partial charge >= 0.3 is 0 Å². The Morgan fingerprint density at radius 2 is 1.47 bits per heavy atom. The third kappa shape index (κ3) is 1.91. The molecule has 0 amide bonds. The van der Waals surface area contributed by atoms with Crippen molar-refractivity contribution in [3.63, 3.8) is 0 Å². The second kappa shape index (κ2) is 4.08. The highest BCUT2D eigenvalue weighted by Gasteiger charge is 2.05. The first kappa shape index (κ1) is 10.3. The zero-order valence-corrected chi connectivity index (χ0v) is 9.68. The van der Waals surface area contributed by atoms with Crippen LogP contribution in [0.15, 0.2) is 42.5 Å². The molecule has 0 saturated carbocycles. The molecule has 0 aromatic heterocycles. The molecule has 2 rings (SSSR count). The summed E-state index contributed by atoms with van der Waals surface area (Å²) >= 11 is 6.07. The van der Waals surface area contributed by atoms with Crippen molar-refractivity contribution < 1.29 is 0 Å². The lowest BCUT2D eigenvalue weighted by molar-refractivity contribution is 1.34. The lowest BCUT2D eigenvalue weighted by Crippen LogP contribution is -1.87. The van der Waals surface area contributed by atoms with E-state index >= 15 is 0 Å². The van der Waals surface area contributed by atoms with Crippen molar-refractivity contribution in [2.75, 3.05) is 0 Å². The molecule has 0 atom stereocenters. The Morgan fingerprint density at radius 3 is 2.13 bits per heavy atom. The maximum Gasteiger partial charge on any atom is 0.0438 e. The molecule has 15 heavy (non-hydrogen) atoms. The number of halogens is 1. The SMILES string of the molecule is Cc1c(Cl)ccc(-c2ccccc2)c1C. The van der Waals surface area contributed by atoms with Crippen LogP contribution in [-0.4, -0.2) is 0 Å². The minimum atomic E-state index is 0.840. The minimum Gasteiger partial charge on any atom is -0.0840 e. The van der Waals surface area contributed by atoms with Crippen molar-refractivity contribution >= 4 is 11.6 Å². The second-order valence-corrected chi connectivity index (χ2v) is 4.12. The Kier molecular flexibility index (Phi) is 2.79. The van der Waals surface area contributed by atoms with Crippen molar-refractivity contribution in [3.8, 4) is 11.1 Å². The van der Waals surface area contributed by atoms with Crippen LogP contribution in [0.25, 0.3) is 11.1 Å². The average Bonchev–Trinajstić information content (AvgIpc) is 2.27. The molecule has 0 radical (unpaired) electrons. The van der Waals surface area contributed by atoms with E-state index in [1.807, 2.05) is 12.1 Å². The van der Waals surface area contributed by atoms with Gasteiger partial charge in [0.15, 0.2) is 0 Å². The molecule has 0 N–H and O–H groups in total. The zero-order valence-electron chi connectivity index (χ0n) is 8.92. The van der Waals surface area contributed by atoms with E-state index in [1.54, 1.807) is 0 Å². The van der Waals surface area contributed by atoms with Crippen LogP contribution in [0.3, 0.4) is 0 Å². The van der Waals surface area contributed by atoms with Crippen LogP contribution in [0.1, 0.15) is 11.1 Å². The van der Waals surface area contributed by atoms with E-state index < -0.39 is 0 Å². The quantitative estimate of drug-likeness (QED) is 0.652. The van der Waals surface area contributed by atoms with Crippen LogP contribution in [-0.2, 0) is 0 Å². The van der Waals surface area contributed by atoms with Gasteiger partial charge in [0.25, 0.3) is 0 Å². The van der Waals surface area contributed by atoms with Gasteiger partial charge in [-0.05, 0) is 42.2 Å². The highest BCUT2D eigenvalue weighted by molar-refractivity contribution is 6.31. The summed E-state index contributed by atoms with van der Waals surface area (Å²) in [6, 6.07) is 14.4. The van der Waals surface area contributed by atoms with Gasteiger partial charge in [-0.25, -0.2) is 0 Å². The molecule has 2 aromatic rings. The first-order valence-electron chi connectivity index (χ1n) is 5.01. The third-order valence-corrected chi connectivity index (χ3v) is 3.22. The number of benzene rings is 2. The summed E-state index contributed by atoms with van der Waals surface area (Å²) in [7, 11) is 0.